The van der Waals surface area contributed by atoms with Crippen molar-refractivity contribution in [2.75, 3.05) is 0 Å². The average molecular weight is 392 g/mol. The van der Waals surface area contributed by atoms with Gasteiger partial charge >= 0.3 is 0 Å². The molecule has 0 saturated carbocycles. The second-order valence-corrected chi connectivity index (χ2v) is 11.2. The number of benzene rings is 3. The Kier molecular flexibility index (Phi) is 5.82. The third-order valence-corrected chi connectivity index (χ3v) is 7.34. The highest BCUT2D eigenvalue weighted by Crippen LogP contribution is 2.49. The van der Waals surface area contributed by atoms with Crippen molar-refractivity contribution < 1.29 is 9.63 Å². The van der Waals surface area contributed by atoms with Crippen LogP contribution in [0.15, 0.2) is 78.9 Å². The minimum atomic E-state index is -0.786. The zero-order valence-corrected chi connectivity index (χ0v) is 18.2. The van der Waals surface area contributed by atoms with E-state index in [1.54, 1.807) is 12.1 Å². The van der Waals surface area contributed by atoms with Crippen LogP contribution in [-0.4, -0.2) is 10.3 Å². The van der Waals surface area contributed by atoms with Crippen LogP contribution in [0.4, 0.5) is 0 Å². The summed E-state index contributed by atoms with van der Waals surface area (Å²) in [6, 6.07) is 26.4. The first kappa shape index (κ1) is 20.4. The molecule has 0 spiro atoms. The Hall–Kier alpha value is -2.31. The van der Waals surface area contributed by atoms with Crippen LogP contribution in [0.25, 0.3) is 0 Å². The van der Waals surface area contributed by atoms with Crippen molar-refractivity contribution >= 4 is 13.5 Å². The molecule has 2 nitrogen and oxygen atoms in total. The SMILES string of the molecule is CC(C)(c1ccc(O)cc1)c1ccc(OP(c2ccccc2)C(C)(C)C)cc1. The van der Waals surface area contributed by atoms with Crippen molar-refractivity contribution in [1.82, 2.24) is 0 Å². The number of phenols is 1. The second-order valence-electron chi connectivity index (χ2n) is 8.59. The Morgan fingerprint density at radius 3 is 1.68 bits per heavy atom. The zero-order valence-electron chi connectivity index (χ0n) is 17.3. The molecule has 0 aliphatic rings. The highest BCUT2D eigenvalue weighted by Gasteiger charge is 2.29. The maximum atomic E-state index is 9.56. The van der Waals surface area contributed by atoms with E-state index in [2.05, 4.69) is 83.1 Å². The van der Waals surface area contributed by atoms with E-state index in [-0.39, 0.29) is 10.6 Å². The van der Waals surface area contributed by atoms with Gasteiger partial charge in [-0.15, -0.1) is 0 Å². The smallest absolute Gasteiger partial charge is 0.124 e. The topological polar surface area (TPSA) is 29.5 Å². The second kappa shape index (κ2) is 7.97. The molecule has 3 heteroatoms. The van der Waals surface area contributed by atoms with Gasteiger partial charge in [-0.05, 0) is 35.4 Å². The molecular weight excluding hydrogens is 363 g/mol. The van der Waals surface area contributed by atoms with Crippen molar-refractivity contribution in [3.63, 3.8) is 0 Å². The van der Waals surface area contributed by atoms with Gasteiger partial charge in [0.15, 0.2) is 0 Å². The molecule has 0 heterocycles. The number of aromatic hydroxyl groups is 1. The monoisotopic (exact) mass is 392 g/mol. The summed E-state index contributed by atoms with van der Waals surface area (Å²) in [5.41, 5.74) is 2.23. The summed E-state index contributed by atoms with van der Waals surface area (Å²) in [7, 11) is -0.786. The molecule has 3 rings (SSSR count). The molecule has 0 bridgehead atoms. The van der Waals surface area contributed by atoms with Gasteiger partial charge in [-0.3, -0.25) is 0 Å². The lowest BCUT2D eigenvalue weighted by Gasteiger charge is -2.31. The summed E-state index contributed by atoms with van der Waals surface area (Å²) < 4.78 is 6.49. The van der Waals surface area contributed by atoms with Gasteiger partial charge in [-0.2, -0.15) is 0 Å². The first-order valence-corrected chi connectivity index (χ1v) is 10.9. The summed E-state index contributed by atoms with van der Waals surface area (Å²) in [6.07, 6.45) is 0. The molecule has 3 aromatic rings. The van der Waals surface area contributed by atoms with Crippen LogP contribution >= 0.6 is 8.15 Å². The molecule has 0 aliphatic carbocycles. The number of rotatable bonds is 5. The van der Waals surface area contributed by atoms with E-state index in [4.69, 9.17) is 4.52 Å². The molecular formula is C25H29O2P. The Morgan fingerprint density at radius 2 is 1.18 bits per heavy atom. The molecule has 0 saturated heterocycles. The first-order chi connectivity index (χ1) is 13.2. The molecule has 0 fully saturated rings. The molecule has 1 atom stereocenters. The van der Waals surface area contributed by atoms with Gasteiger partial charge in [0.1, 0.15) is 19.6 Å². The fourth-order valence-electron chi connectivity index (χ4n) is 3.22. The summed E-state index contributed by atoms with van der Waals surface area (Å²) in [5, 5.41) is 10.8. The predicted molar refractivity (Wildman–Crippen MR) is 120 cm³/mol. The largest absolute Gasteiger partial charge is 0.508 e. The standard InChI is InChI=1S/C25H29O2P/c1-24(2,3)28(23-9-7-6-8-10-23)27-22-17-13-20(14-18-22)25(4,5)19-11-15-21(26)16-12-19/h6-18,26H,1-5H3. The third kappa shape index (κ3) is 4.56. The fourth-order valence-corrected chi connectivity index (χ4v) is 5.15. The molecule has 1 unspecified atom stereocenters. The Balaban J connectivity index is 1.84. The molecule has 28 heavy (non-hydrogen) atoms. The van der Waals surface area contributed by atoms with Crippen LogP contribution in [-0.2, 0) is 5.41 Å². The number of phenolic OH excluding ortho intramolecular Hbond substituents is 1. The zero-order chi connectivity index (χ0) is 20.4. The van der Waals surface area contributed by atoms with Crippen molar-refractivity contribution in [2.24, 2.45) is 0 Å². The average Bonchev–Trinajstić information content (AvgIpc) is 2.66. The Bertz CT molecular complexity index is 892. The molecule has 0 amide bonds. The van der Waals surface area contributed by atoms with Crippen molar-refractivity contribution in [3.8, 4) is 11.5 Å². The molecule has 3 aromatic carbocycles. The molecule has 0 aromatic heterocycles. The quantitative estimate of drug-likeness (QED) is 0.495. The molecule has 0 radical (unpaired) electrons. The van der Waals surface area contributed by atoms with Crippen molar-refractivity contribution in [1.29, 1.82) is 0 Å². The van der Waals surface area contributed by atoms with Crippen LogP contribution in [0.2, 0.25) is 0 Å². The number of hydrogen-bond donors (Lipinski definition) is 1. The Labute approximate surface area is 170 Å². The van der Waals surface area contributed by atoms with E-state index < -0.39 is 8.15 Å². The van der Waals surface area contributed by atoms with Gasteiger partial charge < -0.3 is 9.63 Å². The third-order valence-electron chi connectivity index (χ3n) is 4.96. The first-order valence-electron chi connectivity index (χ1n) is 9.61. The van der Waals surface area contributed by atoms with Gasteiger partial charge in [0.25, 0.3) is 0 Å². The lowest BCUT2D eigenvalue weighted by Crippen LogP contribution is -2.22. The summed E-state index contributed by atoms with van der Waals surface area (Å²) in [5.74, 6) is 1.19. The molecule has 0 aliphatic heterocycles. The highest BCUT2D eigenvalue weighted by molar-refractivity contribution is 7.62. The maximum absolute atomic E-state index is 9.56. The minimum Gasteiger partial charge on any atom is -0.508 e. The van der Waals surface area contributed by atoms with E-state index in [1.165, 1.54) is 16.4 Å². The van der Waals surface area contributed by atoms with Gasteiger partial charge in [-0.1, -0.05) is 89.2 Å². The summed E-state index contributed by atoms with van der Waals surface area (Å²) >= 11 is 0. The van der Waals surface area contributed by atoms with Gasteiger partial charge in [0.2, 0.25) is 0 Å². The van der Waals surface area contributed by atoms with Crippen LogP contribution in [0.1, 0.15) is 45.7 Å². The fraction of sp³-hybridized carbons (Fsp3) is 0.280. The van der Waals surface area contributed by atoms with Crippen LogP contribution in [0, 0.1) is 0 Å². The van der Waals surface area contributed by atoms with E-state index >= 15 is 0 Å². The lowest BCUT2D eigenvalue weighted by atomic mass is 9.78. The minimum absolute atomic E-state index is 0.0423. The van der Waals surface area contributed by atoms with Gasteiger partial charge in [-0.25, -0.2) is 0 Å². The van der Waals surface area contributed by atoms with E-state index in [9.17, 15) is 5.11 Å². The van der Waals surface area contributed by atoms with E-state index in [1.807, 2.05) is 18.2 Å². The molecule has 146 valence electrons. The molecule has 1 N–H and O–H groups in total. The maximum Gasteiger partial charge on any atom is 0.124 e. The van der Waals surface area contributed by atoms with E-state index in [0.29, 0.717) is 5.75 Å². The Morgan fingerprint density at radius 1 is 0.679 bits per heavy atom. The summed E-state index contributed by atoms with van der Waals surface area (Å²) in [6.45, 7) is 11.1. The van der Waals surface area contributed by atoms with Crippen LogP contribution in [0.5, 0.6) is 11.5 Å². The predicted octanol–water partition coefficient (Wildman–Crippen LogP) is 6.62. The van der Waals surface area contributed by atoms with Crippen LogP contribution < -0.4 is 9.83 Å². The van der Waals surface area contributed by atoms with Crippen LogP contribution in [0.3, 0.4) is 0 Å². The number of hydrogen-bond acceptors (Lipinski definition) is 2. The van der Waals surface area contributed by atoms with Crippen molar-refractivity contribution in [3.05, 3.63) is 90.0 Å². The van der Waals surface area contributed by atoms with E-state index in [0.717, 1.165) is 5.75 Å². The van der Waals surface area contributed by atoms with Gasteiger partial charge in [0, 0.05) is 15.9 Å². The summed E-state index contributed by atoms with van der Waals surface area (Å²) in [4.78, 5) is 0. The van der Waals surface area contributed by atoms with Gasteiger partial charge in [0.05, 0.1) is 0 Å². The normalized spacial score (nSPS) is 13.2. The highest BCUT2D eigenvalue weighted by atomic mass is 31.1. The van der Waals surface area contributed by atoms with Crippen molar-refractivity contribution in [2.45, 2.75) is 45.2 Å². The lowest BCUT2D eigenvalue weighted by molar-refractivity contribution is 0.474.